The molecule has 9 heteroatoms. The van der Waals surface area contributed by atoms with Crippen molar-refractivity contribution in [2.75, 3.05) is 16.7 Å². The number of carboxylic acids is 1. The molecule has 0 radical (unpaired) electrons. The standard InChI is InChI=1S/C21H22N4O4S/c1-15-8-10-17(11-9-15)30(28,29)25(2)19-13-22-14-23-20(19)24-18(21(26)27)12-16-6-4-3-5-7-16/h3-11,13-14,18H,12H2,1-2H3,(H,26,27)(H,22,23,24)/t18-/m0/s1. The normalized spacial score (nSPS) is 12.2. The minimum absolute atomic E-state index is 0.115. The molecule has 0 amide bonds. The highest BCUT2D eigenvalue weighted by Gasteiger charge is 2.26. The molecule has 2 aromatic carbocycles. The Morgan fingerprint density at radius 1 is 1.13 bits per heavy atom. The second-order valence-electron chi connectivity index (χ2n) is 6.77. The minimum Gasteiger partial charge on any atom is -0.480 e. The lowest BCUT2D eigenvalue weighted by Crippen LogP contribution is -2.34. The van der Waals surface area contributed by atoms with E-state index in [9.17, 15) is 18.3 Å². The summed E-state index contributed by atoms with van der Waals surface area (Å²) in [4.78, 5) is 19.9. The van der Waals surface area contributed by atoms with E-state index in [2.05, 4.69) is 15.3 Å². The molecule has 30 heavy (non-hydrogen) atoms. The second-order valence-corrected chi connectivity index (χ2v) is 8.74. The van der Waals surface area contributed by atoms with E-state index in [4.69, 9.17) is 0 Å². The molecule has 0 aliphatic carbocycles. The first-order valence-corrected chi connectivity index (χ1v) is 10.6. The van der Waals surface area contributed by atoms with Gasteiger partial charge in [0.15, 0.2) is 5.82 Å². The molecule has 1 heterocycles. The maximum Gasteiger partial charge on any atom is 0.326 e. The number of carboxylic acid groups (broad SMARTS) is 1. The highest BCUT2D eigenvalue weighted by atomic mass is 32.2. The number of nitrogens with one attached hydrogen (secondary N) is 1. The molecule has 0 spiro atoms. The van der Waals surface area contributed by atoms with Crippen LogP contribution in [0.15, 0.2) is 72.0 Å². The molecule has 0 fully saturated rings. The molecule has 2 N–H and O–H groups in total. The van der Waals surface area contributed by atoms with Crippen LogP contribution in [0.2, 0.25) is 0 Å². The highest BCUT2D eigenvalue weighted by molar-refractivity contribution is 7.92. The van der Waals surface area contributed by atoms with E-state index in [1.54, 1.807) is 12.1 Å². The Morgan fingerprint density at radius 3 is 2.43 bits per heavy atom. The van der Waals surface area contributed by atoms with E-state index in [0.717, 1.165) is 15.4 Å². The number of benzene rings is 2. The van der Waals surface area contributed by atoms with Crippen LogP contribution in [0.5, 0.6) is 0 Å². The summed E-state index contributed by atoms with van der Waals surface area (Å²) < 4.78 is 27.1. The second kappa shape index (κ2) is 8.91. The number of hydrogen-bond acceptors (Lipinski definition) is 6. The fourth-order valence-electron chi connectivity index (χ4n) is 2.88. The van der Waals surface area contributed by atoms with Crippen LogP contribution >= 0.6 is 0 Å². The average molecular weight is 426 g/mol. The lowest BCUT2D eigenvalue weighted by Gasteiger charge is -2.23. The van der Waals surface area contributed by atoms with Crippen molar-refractivity contribution in [3.8, 4) is 0 Å². The fraction of sp³-hybridized carbons (Fsp3) is 0.190. The van der Waals surface area contributed by atoms with Gasteiger partial charge in [-0.3, -0.25) is 4.31 Å². The first-order chi connectivity index (χ1) is 14.3. The molecule has 0 saturated heterocycles. The van der Waals surface area contributed by atoms with Gasteiger partial charge in [0.25, 0.3) is 10.0 Å². The van der Waals surface area contributed by atoms with Gasteiger partial charge in [-0.1, -0.05) is 48.0 Å². The zero-order valence-corrected chi connectivity index (χ0v) is 17.4. The lowest BCUT2D eigenvalue weighted by atomic mass is 10.1. The van der Waals surface area contributed by atoms with Gasteiger partial charge in [0.2, 0.25) is 0 Å². The van der Waals surface area contributed by atoms with Gasteiger partial charge in [0, 0.05) is 13.5 Å². The first-order valence-electron chi connectivity index (χ1n) is 9.18. The maximum atomic E-state index is 13.0. The molecule has 0 saturated carbocycles. The van der Waals surface area contributed by atoms with E-state index < -0.39 is 22.0 Å². The lowest BCUT2D eigenvalue weighted by molar-refractivity contribution is -0.137. The largest absolute Gasteiger partial charge is 0.480 e. The van der Waals surface area contributed by atoms with Gasteiger partial charge in [-0.15, -0.1) is 0 Å². The monoisotopic (exact) mass is 426 g/mol. The Kier molecular flexibility index (Phi) is 6.31. The molecule has 0 aliphatic heterocycles. The number of aromatic nitrogens is 2. The number of aryl methyl sites for hydroxylation is 1. The quantitative estimate of drug-likeness (QED) is 0.569. The molecule has 3 aromatic rings. The predicted octanol–water partition coefficient (Wildman–Crippen LogP) is 2.72. The third-order valence-electron chi connectivity index (χ3n) is 4.60. The van der Waals surface area contributed by atoms with E-state index >= 15 is 0 Å². The zero-order chi connectivity index (χ0) is 21.7. The number of aliphatic carboxylic acids is 1. The Labute approximate surface area is 175 Å². The smallest absolute Gasteiger partial charge is 0.326 e. The topological polar surface area (TPSA) is 112 Å². The van der Waals surface area contributed by atoms with E-state index in [0.29, 0.717) is 0 Å². The van der Waals surface area contributed by atoms with E-state index in [-0.39, 0.29) is 22.8 Å². The number of rotatable bonds is 8. The number of carbonyl (C=O) groups is 1. The van der Waals surface area contributed by atoms with E-state index in [1.165, 1.54) is 31.7 Å². The van der Waals surface area contributed by atoms with Crippen LogP contribution in [0.4, 0.5) is 11.5 Å². The summed E-state index contributed by atoms with van der Waals surface area (Å²) in [6, 6.07) is 14.6. The van der Waals surface area contributed by atoms with Gasteiger partial charge in [0.1, 0.15) is 18.1 Å². The molecule has 0 aliphatic rings. The van der Waals surface area contributed by atoms with Gasteiger partial charge in [-0.2, -0.15) is 0 Å². The van der Waals surface area contributed by atoms with Crippen molar-refractivity contribution >= 4 is 27.5 Å². The predicted molar refractivity (Wildman–Crippen MR) is 114 cm³/mol. The van der Waals surface area contributed by atoms with Gasteiger partial charge in [0.05, 0.1) is 11.1 Å². The summed E-state index contributed by atoms with van der Waals surface area (Å²) in [6.07, 6.45) is 2.77. The molecule has 0 unspecified atom stereocenters. The fourth-order valence-corrected chi connectivity index (χ4v) is 4.07. The molecule has 3 rings (SSSR count). The molecule has 156 valence electrons. The van der Waals surface area contributed by atoms with Crippen molar-refractivity contribution in [3.63, 3.8) is 0 Å². The summed E-state index contributed by atoms with van der Waals surface area (Å²) in [5.41, 5.74) is 1.92. The Bertz CT molecular complexity index is 1120. The highest BCUT2D eigenvalue weighted by Crippen LogP contribution is 2.28. The van der Waals surface area contributed by atoms with Crippen LogP contribution in [-0.2, 0) is 21.2 Å². The number of anilines is 2. The van der Waals surface area contributed by atoms with Gasteiger partial charge in [-0.25, -0.2) is 23.2 Å². The van der Waals surface area contributed by atoms with Crippen molar-refractivity contribution in [1.82, 2.24) is 9.97 Å². The number of sulfonamides is 1. The first kappa shape index (κ1) is 21.3. The molecular weight excluding hydrogens is 404 g/mol. The Balaban J connectivity index is 1.91. The molecular formula is C21H22N4O4S. The van der Waals surface area contributed by atoms with Crippen LogP contribution in [0.1, 0.15) is 11.1 Å². The molecule has 0 bridgehead atoms. The summed E-state index contributed by atoms with van der Waals surface area (Å²) in [7, 11) is -2.50. The molecule has 1 aromatic heterocycles. The summed E-state index contributed by atoms with van der Waals surface area (Å²) in [5.74, 6) is -0.959. The van der Waals surface area contributed by atoms with Crippen LogP contribution < -0.4 is 9.62 Å². The third kappa shape index (κ3) is 4.74. The molecule has 8 nitrogen and oxygen atoms in total. The van der Waals surface area contributed by atoms with Crippen molar-refractivity contribution in [3.05, 3.63) is 78.2 Å². The van der Waals surface area contributed by atoms with Crippen molar-refractivity contribution in [2.24, 2.45) is 0 Å². The average Bonchev–Trinajstić information content (AvgIpc) is 2.74. The SMILES string of the molecule is Cc1ccc(S(=O)(=O)N(C)c2cncnc2N[C@@H](Cc2ccccc2)C(=O)O)cc1. The Morgan fingerprint density at radius 2 is 1.80 bits per heavy atom. The summed E-state index contributed by atoms with van der Waals surface area (Å²) in [5, 5.41) is 12.5. The van der Waals surface area contributed by atoms with Gasteiger partial charge in [-0.05, 0) is 24.6 Å². The summed E-state index contributed by atoms with van der Waals surface area (Å²) in [6.45, 7) is 1.87. The van der Waals surface area contributed by atoms with Gasteiger partial charge >= 0.3 is 5.97 Å². The number of hydrogen-bond donors (Lipinski definition) is 2. The van der Waals surface area contributed by atoms with Crippen molar-refractivity contribution in [2.45, 2.75) is 24.3 Å². The Hall–Kier alpha value is -3.46. The van der Waals surface area contributed by atoms with Crippen LogP contribution in [0.25, 0.3) is 0 Å². The molecule has 1 atom stereocenters. The van der Waals surface area contributed by atoms with Crippen LogP contribution in [0, 0.1) is 6.92 Å². The van der Waals surface area contributed by atoms with Crippen molar-refractivity contribution < 1.29 is 18.3 Å². The van der Waals surface area contributed by atoms with E-state index in [1.807, 2.05) is 37.3 Å². The zero-order valence-electron chi connectivity index (χ0n) is 16.6. The summed E-state index contributed by atoms with van der Waals surface area (Å²) >= 11 is 0. The van der Waals surface area contributed by atoms with Crippen LogP contribution in [0.3, 0.4) is 0 Å². The minimum atomic E-state index is -3.88. The van der Waals surface area contributed by atoms with Gasteiger partial charge < -0.3 is 10.4 Å². The number of nitrogens with zero attached hydrogens (tertiary/aromatic N) is 3. The van der Waals surface area contributed by atoms with Crippen LogP contribution in [-0.4, -0.2) is 42.6 Å². The third-order valence-corrected chi connectivity index (χ3v) is 6.39. The maximum absolute atomic E-state index is 13.0. The van der Waals surface area contributed by atoms with Crippen molar-refractivity contribution in [1.29, 1.82) is 0 Å².